The molecule has 0 spiro atoms. The Hall–Kier alpha value is -0.380. The summed E-state index contributed by atoms with van der Waals surface area (Å²) < 4.78 is 1.16. The monoisotopic (exact) mass is 266 g/mol. The average Bonchev–Trinajstić information content (AvgIpc) is 2.83. The Labute approximate surface area is 98.8 Å². The van der Waals surface area contributed by atoms with Crippen LogP contribution in [-0.4, -0.2) is 30.1 Å². The molecule has 1 aromatic rings. The summed E-state index contributed by atoms with van der Waals surface area (Å²) in [7, 11) is 0. The van der Waals surface area contributed by atoms with Crippen LogP contribution in [0.3, 0.4) is 0 Å². The van der Waals surface area contributed by atoms with E-state index in [1.165, 1.54) is 25.1 Å². The summed E-state index contributed by atoms with van der Waals surface area (Å²) in [4.78, 5) is 2.60. The highest BCUT2D eigenvalue weighted by Crippen LogP contribution is 2.25. The number of likely N-dealkylation sites (tertiary alicyclic amines) is 1. The van der Waals surface area contributed by atoms with Gasteiger partial charge in [-0.25, -0.2) is 0 Å². The minimum atomic E-state index is 0.755. The fourth-order valence-electron chi connectivity index (χ4n) is 2.67. The number of nitrogens with one attached hydrogen (secondary N) is 1. The summed E-state index contributed by atoms with van der Waals surface area (Å²) in [6.07, 6.45) is 1.34. The van der Waals surface area contributed by atoms with Crippen LogP contribution < -0.4 is 5.32 Å². The van der Waals surface area contributed by atoms with E-state index in [4.69, 9.17) is 0 Å². The van der Waals surface area contributed by atoms with Crippen LogP contribution in [0.15, 0.2) is 28.7 Å². The highest BCUT2D eigenvalue weighted by molar-refractivity contribution is 9.10. The van der Waals surface area contributed by atoms with Gasteiger partial charge in [0.1, 0.15) is 0 Å². The molecule has 0 radical (unpaired) electrons. The van der Waals surface area contributed by atoms with E-state index in [1.807, 2.05) is 0 Å². The molecule has 80 valence electrons. The average molecular weight is 267 g/mol. The molecule has 0 aliphatic carbocycles. The van der Waals surface area contributed by atoms with Gasteiger partial charge >= 0.3 is 0 Å². The van der Waals surface area contributed by atoms with Crippen molar-refractivity contribution >= 4 is 15.9 Å². The molecule has 2 heterocycles. The van der Waals surface area contributed by atoms with E-state index in [2.05, 4.69) is 50.4 Å². The van der Waals surface area contributed by atoms with Crippen molar-refractivity contribution in [1.29, 1.82) is 0 Å². The van der Waals surface area contributed by atoms with Crippen LogP contribution in [0.4, 0.5) is 0 Å². The fourth-order valence-corrected chi connectivity index (χ4v) is 2.93. The van der Waals surface area contributed by atoms with Gasteiger partial charge in [-0.05, 0) is 24.1 Å². The molecule has 2 bridgehead atoms. The van der Waals surface area contributed by atoms with Crippen molar-refractivity contribution in [3.8, 4) is 0 Å². The van der Waals surface area contributed by atoms with E-state index in [0.717, 1.165) is 23.1 Å². The zero-order valence-electron chi connectivity index (χ0n) is 8.62. The third-order valence-corrected chi connectivity index (χ3v) is 4.00. The molecule has 0 aromatic heterocycles. The summed E-state index contributed by atoms with van der Waals surface area (Å²) in [6.45, 7) is 3.51. The number of hydrogen-bond donors (Lipinski definition) is 1. The molecule has 0 saturated carbocycles. The maximum atomic E-state index is 3.53. The highest BCUT2D eigenvalue weighted by atomic mass is 79.9. The van der Waals surface area contributed by atoms with Gasteiger partial charge in [-0.3, -0.25) is 4.90 Å². The van der Waals surface area contributed by atoms with Crippen molar-refractivity contribution in [3.63, 3.8) is 0 Å². The zero-order chi connectivity index (χ0) is 10.3. The second-order valence-electron chi connectivity index (χ2n) is 4.55. The molecule has 15 heavy (non-hydrogen) atoms. The largest absolute Gasteiger partial charge is 0.311 e. The number of piperazine rings is 1. The van der Waals surface area contributed by atoms with Crippen LogP contribution in [-0.2, 0) is 6.54 Å². The first-order valence-corrected chi connectivity index (χ1v) is 6.32. The predicted molar refractivity (Wildman–Crippen MR) is 64.7 cm³/mol. The first-order valence-electron chi connectivity index (χ1n) is 5.53. The summed E-state index contributed by atoms with van der Waals surface area (Å²) in [5.41, 5.74) is 1.42. The lowest BCUT2D eigenvalue weighted by Crippen LogP contribution is -2.42. The third-order valence-electron chi connectivity index (χ3n) is 3.47. The molecule has 1 aromatic carbocycles. The standard InChI is InChI=1S/C12H15BrN2/c13-10-3-1-9(2-4-10)7-15-8-11-5-12(15)6-14-11/h1-4,11-12,14H,5-8H2. The number of halogens is 1. The van der Waals surface area contributed by atoms with E-state index in [0.29, 0.717) is 0 Å². The summed E-state index contributed by atoms with van der Waals surface area (Å²) in [5.74, 6) is 0. The van der Waals surface area contributed by atoms with Crippen LogP contribution in [0.5, 0.6) is 0 Å². The van der Waals surface area contributed by atoms with Gasteiger partial charge in [0.15, 0.2) is 0 Å². The Morgan fingerprint density at radius 2 is 2.13 bits per heavy atom. The lowest BCUT2D eigenvalue weighted by molar-refractivity contribution is 0.218. The first kappa shape index (κ1) is 9.82. The Bertz CT molecular complexity index is 349. The van der Waals surface area contributed by atoms with Crippen LogP contribution in [0, 0.1) is 0 Å². The number of rotatable bonds is 2. The number of nitrogens with zero attached hydrogens (tertiary/aromatic N) is 1. The van der Waals surface area contributed by atoms with Gasteiger partial charge in [-0.1, -0.05) is 28.1 Å². The molecule has 2 aliphatic rings. The van der Waals surface area contributed by atoms with Crippen molar-refractivity contribution < 1.29 is 0 Å². The quantitative estimate of drug-likeness (QED) is 0.881. The normalized spacial score (nSPS) is 29.9. The fraction of sp³-hybridized carbons (Fsp3) is 0.500. The molecular formula is C12H15BrN2. The Balaban J connectivity index is 1.68. The number of benzene rings is 1. The number of fused-ring (bicyclic) bond motifs is 2. The SMILES string of the molecule is Brc1ccc(CN2CC3CC2CN3)cc1. The summed E-state index contributed by atoms with van der Waals surface area (Å²) in [5, 5.41) is 3.53. The van der Waals surface area contributed by atoms with Crippen LogP contribution in [0.25, 0.3) is 0 Å². The second-order valence-corrected chi connectivity index (χ2v) is 5.47. The van der Waals surface area contributed by atoms with E-state index < -0.39 is 0 Å². The van der Waals surface area contributed by atoms with E-state index in [1.54, 1.807) is 0 Å². The smallest absolute Gasteiger partial charge is 0.0240 e. The molecule has 2 unspecified atom stereocenters. The van der Waals surface area contributed by atoms with Gasteiger partial charge in [-0.2, -0.15) is 0 Å². The Morgan fingerprint density at radius 3 is 2.73 bits per heavy atom. The summed E-state index contributed by atoms with van der Waals surface area (Å²) >= 11 is 3.47. The van der Waals surface area contributed by atoms with Gasteiger partial charge in [-0.15, -0.1) is 0 Å². The van der Waals surface area contributed by atoms with Crippen molar-refractivity contribution in [2.75, 3.05) is 13.1 Å². The molecule has 2 fully saturated rings. The molecule has 1 N–H and O–H groups in total. The third kappa shape index (κ3) is 1.96. The molecular weight excluding hydrogens is 252 g/mol. The van der Waals surface area contributed by atoms with Gasteiger partial charge in [0.05, 0.1) is 0 Å². The second kappa shape index (κ2) is 3.89. The lowest BCUT2D eigenvalue weighted by atomic mass is 10.2. The molecule has 2 atom stereocenters. The van der Waals surface area contributed by atoms with Crippen molar-refractivity contribution in [2.45, 2.75) is 25.0 Å². The van der Waals surface area contributed by atoms with Gasteiger partial charge in [0, 0.05) is 36.2 Å². The molecule has 0 amide bonds. The van der Waals surface area contributed by atoms with E-state index in [9.17, 15) is 0 Å². The van der Waals surface area contributed by atoms with Gasteiger partial charge < -0.3 is 5.32 Å². The zero-order valence-corrected chi connectivity index (χ0v) is 10.2. The Morgan fingerprint density at radius 1 is 1.33 bits per heavy atom. The maximum absolute atomic E-state index is 3.53. The van der Waals surface area contributed by atoms with Gasteiger partial charge in [0.25, 0.3) is 0 Å². The topological polar surface area (TPSA) is 15.3 Å². The van der Waals surface area contributed by atoms with Crippen LogP contribution >= 0.6 is 15.9 Å². The van der Waals surface area contributed by atoms with E-state index in [-0.39, 0.29) is 0 Å². The lowest BCUT2D eigenvalue weighted by Gasteiger charge is -2.27. The minimum Gasteiger partial charge on any atom is -0.311 e. The summed E-state index contributed by atoms with van der Waals surface area (Å²) in [6, 6.07) is 10.2. The van der Waals surface area contributed by atoms with E-state index >= 15 is 0 Å². The van der Waals surface area contributed by atoms with Crippen LogP contribution in [0.2, 0.25) is 0 Å². The molecule has 3 rings (SSSR count). The van der Waals surface area contributed by atoms with Crippen molar-refractivity contribution in [3.05, 3.63) is 34.3 Å². The highest BCUT2D eigenvalue weighted by Gasteiger charge is 2.36. The first-order chi connectivity index (χ1) is 7.31. The maximum Gasteiger partial charge on any atom is 0.0240 e. The molecule has 2 aliphatic heterocycles. The molecule has 2 saturated heterocycles. The van der Waals surface area contributed by atoms with Crippen LogP contribution in [0.1, 0.15) is 12.0 Å². The minimum absolute atomic E-state index is 0.755. The van der Waals surface area contributed by atoms with Crippen molar-refractivity contribution in [1.82, 2.24) is 10.2 Å². The number of hydrogen-bond acceptors (Lipinski definition) is 2. The molecule has 3 heteroatoms. The van der Waals surface area contributed by atoms with Crippen molar-refractivity contribution in [2.24, 2.45) is 0 Å². The van der Waals surface area contributed by atoms with Gasteiger partial charge in [0.2, 0.25) is 0 Å². The Kier molecular flexibility index (Phi) is 2.54. The molecule has 2 nitrogen and oxygen atoms in total. The predicted octanol–water partition coefficient (Wildman–Crippen LogP) is 2.00.